The molecule has 1 spiro atoms. The molecule has 2 saturated carbocycles. The molecule has 5 aliphatic rings. The van der Waals surface area contributed by atoms with E-state index in [1.165, 1.54) is 0 Å². The first-order valence-corrected chi connectivity index (χ1v) is 7.26. The second kappa shape index (κ2) is 2.90. The van der Waals surface area contributed by atoms with Crippen LogP contribution in [0.1, 0.15) is 20.3 Å². The fraction of sp³-hybridized carbons (Fsp3) is 0.733. The molecular weight excluding hydrogens is 276 g/mol. The van der Waals surface area contributed by atoms with E-state index in [1.807, 2.05) is 6.92 Å². The highest BCUT2D eigenvalue weighted by atomic mass is 16.7. The summed E-state index contributed by atoms with van der Waals surface area (Å²) in [5.41, 5.74) is -2.60. The second-order valence-corrected chi connectivity index (χ2v) is 7.25. The number of fused-ring (bicyclic) bond motifs is 4. The van der Waals surface area contributed by atoms with E-state index in [-0.39, 0.29) is 18.4 Å². The maximum atomic E-state index is 12.3. The summed E-state index contributed by atoms with van der Waals surface area (Å²) in [7, 11) is 0. The zero-order chi connectivity index (χ0) is 14.9. The summed E-state index contributed by atoms with van der Waals surface area (Å²) in [4.78, 5) is 24.7. The first kappa shape index (κ1) is 12.2. The van der Waals surface area contributed by atoms with Crippen molar-refractivity contribution in [1.82, 2.24) is 0 Å². The molecule has 6 nitrogen and oxygen atoms in total. The zero-order valence-electron chi connectivity index (χ0n) is 11.8. The smallest absolute Gasteiger partial charge is 0.342 e. The fourth-order valence-corrected chi connectivity index (χ4v) is 5.59. The lowest BCUT2D eigenvalue weighted by Crippen LogP contribution is -2.66. The molecule has 112 valence electrons. The first-order valence-electron chi connectivity index (χ1n) is 7.26. The highest BCUT2D eigenvalue weighted by Gasteiger charge is 2.95. The molecule has 6 heteroatoms. The van der Waals surface area contributed by atoms with Crippen LogP contribution < -0.4 is 0 Å². The molecule has 1 unspecified atom stereocenters. The molecule has 2 bridgehead atoms. The monoisotopic (exact) mass is 292 g/mol. The van der Waals surface area contributed by atoms with E-state index < -0.39 is 46.7 Å². The number of ether oxygens (including phenoxy) is 3. The Bertz CT molecular complexity index is 642. The standard InChI is InChI=1S/C15H16O6/c1-5(2)7-8-11(16)19-9(7)10-13(3)14(8,18)4-6-15(13,21-6)12(17)20-10/h6-10,18H,1,4H2,2-3H3/t6-,7+,8+,9+,10?,13-,14-,15+/m1/s1. The summed E-state index contributed by atoms with van der Waals surface area (Å²) >= 11 is 0. The molecule has 3 saturated heterocycles. The highest BCUT2D eigenvalue weighted by Crippen LogP contribution is 2.76. The van der Waals surface area contributed by atoms with E-state index in [0.717, 1.165) is 5.57 Å². The van der Waals surface area contributed by atoms with Gasteiger partial charge >= 0.3 is 11.9 Å². The van der Waals surface area contributed by atoms with Crippen molar-refractivity contribution >= 4 is 11.9 Å². The normalized spacial score (nSPS) is 62.0. The lowest BCUT2D eigenvalue weighted by Gasteiger charge is -2.51. The predicted molar refractivity (Wildman–Crippen MR) is 66.8 cm³/mol. The van der Waals surface area contributed by atoms with Gasteiger partial charge in [-0.2, -0.15) is 0 Å². The quantitative estimate of drug-likeness (QED) is 0.414. The maximum Gasteiger partial charge on any atom is 0.342 e. The summed E-state index contributed by atoms with van der Waals surface area (Å²) in [6.45, 7) is 7.55. The fourth-order valence-electron chi connectivity index (χ4n) is 5.59. The molecule has 2 aliphatic carbocycles. The number of hydrogen-bond donors (Lipinski definition) is 1. The Morgan fingerprint density at radius 2 is 2.10 bits per heavy atom. The number of aliphatic hydroxyl groups is 1. The maximum absolute atomic E-state index is 12.3. The summed E-state index contributed by atoms with van der Waals surface area (Å²) in [5.74, 6) is -1.86. The van der Waals surface area contributed by atoms with Gasteiger partial charge in [0.2, 0.25) is 5.60 Å². The van der Waals surface area contributed by atoms with Gasteiger partial charge < -0.3 is 19.3 Å². The number of epoxide rings is 1. The van der Waals surface area contributed by atoms with Crippen molar-refractivity contribution < 1.29 is 28.9 Å². The number of esters is 2. The molecule has 0 aromatic rings. The van der Waals surface area contributed by atoms with Crippen molar-refractivity contribution in [3.63, 3.8) is 0 Å². The van der Waals surface area contributed by atoms with Gasteiger partial charge in [0.15, 0.2) is 6.10 Å². The van der Waals surface area contributed by atoms with E-state index in [9.17, 15) is 14.7 Å². The van der Waals surface area contributed by atoms with Gasteiger partial charge in [0.05, 0.1) is 16.9 Å². The van der Waals surface area contributed by atoms with Crippen molar-refractivity contribution in [2.75, 3.05) is 0 Å². The molecule has 5 rings (SSSR count). The van der Waals surface area contributed by atoms with Gasteiger partial charge in [-0.1, -0.05) is 12.2 Å². The zero-order valence-corrected chi connectivity index (χ0v) is 11.8. The molecular formula is C15H16O6. The molecule has 3 heterocycles. The Labute approximate surface area is 121 Å². The minimum absolute atomic E-state index is 0.269. The van der Waals surface area contributed by atoms with E-state index in [1.54, 1.807) is 6.92 Å². The lowest BCUT2D eigenvalue weighted by atomic mass is 9.53. The van der Waals surface area contributed by atoms with Crippen LogP contribution >= 0.6 is 0 Å². The van der Waals surface area contributed by atoms with Gasteiger partial charge in [0.25, 0.3) is 0 Å². The van der Waals surface area contributed by atoms with Crippen LogP contribution in [-0.4, -0.2) is 46.6 Å². The van der Waals surface area contributed by atoms with Crippen LogP contribution in [0.15, 0.2) is 12.2 Å². The average Bonchev–Trinajstić information content (AvgIpc) is 2.86. The Balaban J connectivity index is 1.78. The Kier molecular flexibility index (Phi) is 1.68. The van der Waals surface area contributed by atoms with E-state index >= 15 is 0 Å². The average molecular weight is 292 g/mol. The molecule has 0 radical (unpaired) electrons. The van der Waals surface area contributed by atoms with Crippen LogP contribution in [0.4, 0.5) is 0 Å². The third kappa shape index (κ3) is 0.874. The number of carbonyl (C=O) groups is 2. The van der Waals surface area contributed by atoms with Gasteiger partial charge in [-0.05, 0) is 13.8 Å². The summed E-state index contributed by atoms with van der Waals surface area (Å²) in [5, 5.41) is 11.4. The first-order chi connectivity index (χ1) is 9.79. The van der Waals surface area contributed by atoms with Gasteiger partial charge in [-0.3, -0.25) is 4.79 Å². The van der Waals surface area contributed by atoms with E-state index in [0.29, 0.717) is 0 Å². The topological polar surface area (TPSA) is 85.4 Å². The Hall–Kier alpha value is -1.40. The summed E-state index contributed by atoms with van der Waals surface area (Å²) in [6, 6.07) is 0. The summed E-state index contributed by atoms with van der Waals surface area (Å²) in [6.07, 6.45) is -1.34. The van der Waals surface area contributed by atoms with Crippen LogP contribution in [0, 0.1) is 17.3 Å². The van der Waals surface area contributed by atoms with Crippen LogP contribution in [0.2, 0.25) is 0 Å². The van der Waals surface area contributed by atoms with Crippen molar-refractivity contribution in [2.24, 2.45) is 17.3 Å². The van der Waals surface area contributed by atoms with Crippen molar-refractivity contribution in [1.29, 1.82) is 0 Å². The number of carbonyl (C=O) groups excluding carboxylic acids is 2. The molecule has 5 fully saturated rings. The van der Waals surface area contributed by atoms with E-state index in [4.69, 9.17) is 14.2 Å². The Morgan fingerprint density at radius 1 is 1.38 bits per heavy atom. The Morgan fingerprint density at radius 3 is 2.76 bits per heavy atom. The highest BCUT2D eigenvalue weighted by molar-refractivity contribution is 5.91. The van der Waals surface area contributed by atoms with Gasteiger partial charge in [-0.15, -0.1) is 0 Å². The molecule has 0 aromatic heterocycles. The van der Waals surface area contributed by atoms with Crippen LogP contribution in [0.5, 0.6) is 0 Å². The molecule has 8 atom stereocenters. The summed E-state index contributed by atoms with van der Waals surface area (Å²) < 4.78 is 16.6. The van der Waals surface area contributed by atoms with Crippen molar-refractivity contribution in [2.45, 2.75) is 49.8 Å². The second-order valence-electron chi connectivity index (χ2n) is 7.25. The van der Waals surface area contributed by atoms with E-state index in [2.05, 4.69) is 6.58 Å². The molecule has 3 aliphatic heterocycles. The van der Waals surface area contributed by atoms with Gasteiger partial charge in [-0.25, -0.2) is 4.79 Å². The molecule has 0 aromatic carbocycles. The number of hydrogen-bond acceptors (Lipinski definition) is 6. The minimum Gasteiger partial charge on any atom is -0.457 e. The SMILES string of the molecule is C=C(C)[C@@H]1[C@@H]2OC(=O)[C@H]1[C@]1(O)C[C@H]3O[C@]34C(=O)OC2[C@]14C. The number of rotatable bonds is 1. The van der Waals surface area contributed by atoms with Gasteiger partial charge in [0, 0.05) is 12.3 Å². The van der Waals surface area contributed by atoms with Crippen LogP contribution in [0.25, 0.3) is 0 Å². The molecule has 1 N–H and O–H groups in total. The van der Waals surface area contributed by atoms with Gasteiger partial charge in [0.1, 0.15) is 12.2 Å². The lowest BCUT2D eigenvalue weighted by molar-refractivity contribution is -0.195. The van der Waals surface area contributed by atoms with Crippen LogP contribution in [0.3, 0.4) is 0 Å². The third-order valence-corrected chi connectivity index (χ3v) is 6.60. The van der Waals surface area contributed by atoms with Crippen LogP contribution in [-0.2, 0) is 23.8 Å². The molecule has 0 amide bonds. The van der Waals surface area contributed by atoms with Crippen molar-refractivity contribution in [3.05, 3.63) is 12.2 Å². The van der Waals surface area contributed by atoms with Crippen molar-refractivity contribution in [3.8, 4) is 0 Å². The molecule has 21 heavy (non-hydrogen) atoms. The largest absolute Gasteiger partial charge is 0.457 e. The minimum atomic E-state index is -1.35. The third-order valence-electron chi connectivity index (χ3n) is 6.60. The predicted octanol–water partition coefficient (Wildman–Crippen LogP) is -0.0620.